The average Bonchev–Trinajstić information content (AvgIpc) is 3.69. The highest BCUT2D eigenvalue weighted by atomic mass is 16.6. The van der Waals surface area contributed by atoms with E-state index in [1.807, 2.05) is 56.4 Å². The Labute approximate surface area is 320 Å². The molecule has 2 N–H and O–H groups in total. The lowest BCUT2D eigenvalue weighted by molar-refractivity contribution is -0.118. The lowest BCUT2D eigenvalue weighted by Crippen LogP contribution is -2.41. The second kappa shape index (κ2) is 21.9. The fraction of sp³-hybridized carbons (Fsp3) is 0.778. The van der Waals surface area contributed by atoms with E-state index in [-0.39, 0.29) is 42.0 Å². The van der Waals surface area contributed by atoms with Crippen LogP contribution in [-0.4, -0.2) is 195 Å². The number of nitrogens with one attached hydrogen (secondary N) is 2. The van der Waals surface area contributed by atoms with E-state index < -0.39 is 36.2 Å². The molecule has 1 saturated heterocycles. The molecule has 3 heterocycles. The number of imidazole rings is 1. The van der Waals surface area contributed by atoms with Crippen molar-refractivity contribution in [3.8, 4) is 0 Å². The molecule has 0 aromatic carbocycles. The molecule has 3 amide bonds. The van der Waals surface area contributed by atoms with Crippen LogP contribution in [0, 0.1) is 5.92 Å². The Hall–Kier alpha value is -3.84. The summed E-state index contributed by atoms with van der Waals surface area (Å²) in [7, 11) is 15.9. The van der Waals surface area contributed by atoms with Crippen LogP contribution < -0.4 is 10.9 Å². The number of hydrogen-bond acceptors (Lipinski definition) is 13. The van der Waals surface area contributed by atoms with Gasteiger partial charge in [0.1, 0.15) is 25.0 Å². The van der Waals surface area contributed by atoms with Crippen molar-refractivity contribution in [2.24, 2.45) is 5.92 Å². The van der Waals surface area contributed by atoms with Gasteiger partial charge in [-0.25, -0.2) is 14.6 Å². The van der Waals surface area contributed by atoms with Crippen molar-refractivity contribution in [3.05, 3.63) is 16.7 Å². The highest BCUT2D eigenvalue weighted by Crippen LogP contribution is 2.33. The van der Waals surface area contributed by atoms with Crippen LogP contribution in [0.2, 0.25) is 0 Å². The van der Waals surface area contributed by atoms with Gasteiger partial charge < -0.3 is 43.6 Å². The maximum absolute atomic E-state index is 13.8. The van der Waals surface area contributed by atoms with Gasteiger partial charge in [-0.05, 0) is 108 Å². The highest BCUT2D eigenvalue weighted by molar-refractivity contribution is 5.91. The Kier molecular flexibility index (Phi) is 18.1. The predicted molar refractivity (Wildman–Crippen MR) is 208 cm³/mol. The van der Waals surface area contributed by atoms with E-state index in [2.05, 4.69) is 39.9 Å². The number of nitrogens with zero attached hydrogens (tertiary/aromatic N) is 9. The molecule has 306 valence electrons. The summed E-state index contributed by atoms with van der Waals surface area (Å²) in [6.45, 7) is 8.65. The van der Waals surface area contributed by atoms with Gasteiger partial charge in [-0.15, -0.1) is 0 Å². The number of carbonyl (C=O) groups is 3. The summed E-state index contributed by atoms with van der Waals surface area (Å²) in [4.78, 5) is 75.7. The van der Waals surface area contributed by atoms with Gasteiger partial charge in [0, 0.05) is 38.5 Å². The maximum Gasteiger partial charge on any atom is 0.410 e. The number of amides is 3. The molecular formula is C36H65N11O7. The van der Waals surface area contributed by atoms with Crippen molar-refractivity contribution in [2.75, 3.05) is 121 Å². The first-order valence-corrected chi connectivity index (χ1v) is 18.9. The Morgan fingerprint density at radius 1 is 0.833 bits per heavy atom. The minimum absolute atomic E-state index is 0.0193. The zero-order valence-electron chi connectivity index (χ0n) is 34.2. The molecule has 18 heteroatoms. The van der Waals surface area contributed by atoms with E-state index in [0.717, 1.165) is 51.9 Å². The number of fused-ring (bicyclic) bond motifs is 1. The molecule has 0 spiro atoms. The number of carbonyl (C=O) groups excluding carboxylic acids is 3. The molecule has 2 aromatic heterocycles. The van der Waals surface area contributed by atoms with E-state index in [0.29, 0.717) is 26.2 Å². The number of aromatic nitrogens is 4. The smallest absolute Gasteiger partial charge is 0.410 e. The van der Waals surface area contributed by atoms with Gasteiger partial charge in [-0.3, -0.25) is 24.5 Å². The van der Waals surface area contributed by atoms with E-state index in [1.165, 1.54) is 6.33 Å². The first kappa shape index (κ1) is 44.6. The summed E-state index contributed by atoms with van der Waals surface area (Å²) >= 11 is 0. The van der Waals surface area contributed by atoms with Gasteiger partial charge in [-0.1, -0.05) is 13.8 Å². The minimum atomic E-state index is -0.821. The standard InChI is InChI=1S/C36H65N11O7/c1-26(2)32(48)39-34-38-31-30(33(49)40-34)37-25-47(31)29-23-27(54-36(51)46(21-13-17-43(7)8)22-14-18-44(9)10)28(53-29)24-52-35(50)45(19-11-15-41(3)4)20-12-16-42(5)6/h25-29H,11-24H2,1-10H3,(H2,38,39,40,48,49)/t27-,28+,29+/m0/s1. The second-order valence-corrected chi connectivity index (χ2v) is 15.3. The first-order valence-electron chi connectivity index (χ1n) is 18.9. The van der Waals surface area contributed by atoms with Crippen molar-refractivity contribution < 1.29 is 28.6 Å². The van der Waals surface area contributed by atoms with Crippen molar-refractivity contribution >= 4 is 35.2 Å². The second-order valence-electron chi connectivity index (χ2n) is 15.3. The van der Waals surface area contributed by atoms with E-state index in [4.69, 9.17) is 14.2 Å². The number of hydrogen-bond donors (Lipinski definition) is 2. The van der Waals surface area contributed by atoms with Crippen LogP contribution in [0.25, 0.3) is 11.2 Å². The van der Waals surface area contributed by atoms with Gasteiger partial charge in [0.2, 0.25) is 11.9 Å². The molecule has 3 rings (SSSR count). The Balaban J connectivity index is 1.87. The largest absolute Gasteiger partial charge is 0.446 e. The monoisotopic (exact) mass is 764 g/mol. The fourth-order valence-electron chi connectivity index (χ4n) is 5.95. The molecule has 0 radical (unpaired) electrons. The van der Waals surface area contributed by atoms with Crippen molar-refractivity contribution in [1.29, 1.82) is 0 Å². The summed E-state index contributed by atoms with van der Waals surface area (Å²) in [6.07, 6.45) is 1.38. The quantitative estimate of drug-likeness (QED) is 0.179. The lowest BCUT2D eigenvalue weighted by Gasteiger charge is -2.27. The molecule has 18 nitrogen and oxygen atoms in total. The van der Waals surface area contributed by atoms with Gasteiger partial charge in [0.15, 0.2) is 11.2 Å². The normalized spacial score (nSPS) is 17.4. The average molecular weight is 764 g/mol. The van der Waals surface area contributed by atoms with Crippen LogP contribution in [0.15, 0.2) is 11.1 Å². The van der Waals surface area contributed by atoms with Crippen LogP contribution in [0.5, 0.6) is 0 Å². The number of anilines is 1. The lowest BCUT2D eigenvalue weighted by atomic mass is 10.2. The molecule has 0 saturated carbocycles. The van der Waals surface area contributed by atoms with Crippen molar-refractivity contribution in [3.63, 3.8) is 0 Å². The molecule has 0 bridgehead atoms. The van der Waals surface area contributed by atoms with E-state index in [1.54, 1.807) is 28.2 Å². The van der Waals surface area contributed by atoms with Gasteiger partial charge >= 0.3 is 12.2 Å². The number of rotatable bonds is 22. The molecule has 0 unspecified atom stereocenters. The van der Waals surface area contributed by atoms with Crippen LogP contribution in [0.1, 0.15) is 52.2 Å². The molecule has 54 heavy (non-hydrogen) atoms. The van der Waals surface area contributed by atoms with Crippen LogP contribution in [0.3, 0.4) is 0 Å². The third-order valence-corrected chi connectivity index (χ3v) is 8.96. The molecule has 0 aliphatic carbocycles. The summed E-state index contributed by atoms with van der Waals surface area (Å²) in [5, 5.41) is 2.63. The predicted octanol–water partition coefficient (Wildman–Crippen LogP) is 2.05. The Morgan fingerprint density at radius 2 is 1.33 bits per heavy atom. The third kappa shape index (κ3) is 14.4. The zero-order valence-corrected chi connectivity index (χ0v) is 34.2. The summed E-state index contributed by atoms with van der Waals surface area (Å²) in [6, 6.07) is 0. The van der Waals surface area contributed by atoms with Crippen LogP contribution >= 0.6 is 0 Å². The highest BCUT2D eigenvalue weighted by Gasteiger charge is 2.41. The van der Waals surface area contributed by atoms with Gasteiger partial charge in [0.05, 0.1) is 6.33 Å². The number of ether oxygens (including phenoxy) is 3. The van der Waals surface area contributed by atoms with Crippen LogP contribution in [0.4, 0.5) is 15.5 Å². The van der Waals surface area contributed by atoms with Crippen LogP contribution in [-0.2, 0) is 19.0 Å². The molecule has 1 aliphatic rings. The Bertz CT molecular complexity index is 1500. The molecular weight excluding hydrogens is 698 g/mol. The summed E-state index contributed by atoms with van der Waals surface area (Å²) in [5.41, 5.74) is -0.282. The molecule has 1 aliphatic heterocycles. The number of H-pyrrole nitrogens is 1. The molecule has 3 atom stereocenters. The van der Waals surface area contributed by atoms with Gasteiger partial charge in [0.25, 0.3) is 5.56 Å². The number of aromatic amines is 1. The molecule has 1 fully saturated rings. The third-order valence-electron chi connectivity index (χ3n) is 8.96. The Morgan fingerprint density at radius 3 is 1.81 bits per heavy atom. The van der Waals surface area contributed by atoms with Crippen molar-refractivity contribution in [1.82, 2.24) is 48.9 Å². The van der Waals surface area contributed by atoms with Gasteiger partial charge in [-0.2, -0.15) is 4.98 Å². The fourth-order valence-corrected chi connectivity index (χ4v) is 5.95. The van der Waals surface area contributed by atoms with E-state index in [9.17, 15) is 19.2 Å². The SMILES string of the molecule is CC(C)C(=O)Nc1nc2c(ncn2[C@H]2C[C@H](OC(=O)N(CCCN(C)C)CCCN(C)C)[C@@H](COC(=O)N(CCCN(C)C)CCCN(C)C)O2)c(=O)[nH]1. The maximum atomic E-state index is 13.8. The zero-order chi connectivity index (χ0) is 39.9. The summed E-state index contributed by atoms with van der Waals surface area (Å²) < 4.78 is 20.1. The van der Waals surface area contributed by atoms with E-state index >= 15 is 0 Å². The topological polar surface area (TPSA) is 174 Å². The molecule has 2 aromatic rings. The first-order chi connectivity index (χ1) is 25.5. The minimum Gasteiger partial charge on any atom is -0.446 e. The van der Waals surface area contributed by atoms with Crippen molar-refractivity contribution in [2.45, 2.75) is 64.4 Å². The summed E-state index contributed by atoms with van der Waals surface area (Å²) in [5.74, 6) is -0.669.